The highest BCUT2D eigenvalue weighted by molar-refractivity contribution is 9.10. The summed E-state index contributed by atoms with van der Waals surface area (Å²) < 4.78 is 3.19. The smallest absolute Gasteiger partial charge is 0.221 e. The van der Waals surface area contributed by atoms with Crippen molar-refractivity contribution in [3.8, 4) is 5.69 Å². The lowest BCUT2D eigenvalue weighted by atomic mass is 10.0. The third-order valence-corrected chi connectivity index (χ3v) is 6.54. The summed E-state index contributed by atoms with van der Waals surface area (Å²) in [7, 11) is 0. The number of thiocarbonyl (C=S) groups is 1. The molecule has 0 saturated carbocycles. The van der Waals surface area contributed by atoms with Crippen LogP contribution in [0.1, 0.15) is 30.4 Å². The molecule has 4 aromatic rings. The van der Waals surface area contributed by atoms with Crippen molar-refractivity contribution in [3.63, 3.8) is 0 Å². The van der Waals surface area contributed by atoms with Crippen LogP contribution in [0.25, 0.3) is 5.69 Å². The summed E-state index contributed by atoms with van der Waals surface area (Å²) in [6.45, 7) is 1.50. The number of carbonyl (C=O) groups excluding carboxylic acids is 1. The van der Waals surface area contributed by atoms with E-state index < -0.39 is 0 Å². The molecule has 0 radical (unpaired) electrons. The van der Waals surface area contributed by atoms with Crippen LogP contribution < -0.4 is 15.5 Å². The third-order valence-electron chi connectivity index (χ3n) is 5.73. The molecule has 0 spiro atoms. The van der Waals surface area contributed by atoms with E-state index in [1.807, 2.05) is 60.7 Å². The molecule has 1 saturated heterocycles. The number of hydrogen-bond donors (Lipinski definition) is 2. The van der Waals surface area contributed by atoms with Crippen molar-refractivity contribution in [2.75, 3.05) is 10.2 Å². The van der Waals surface area contributed by atoms with Gasteiger partial charge in [0.25, 0.3) is 0 Å². The van der Waals surface area contributed by atoms with E-state index in [2.05, 4.69) is 65.4 Å². The molecular weight excluding hydrogens is 510 g/mol. The fourth-order valence-electron chi connectivity index (χ4n) is 4.34. The Bertz CT molecular complexity index is 1340. The SMILES string of the molecule is CC(=O)Nc1ccc(N2C(=S)N[C@H](c3ccccn3)[C@@H]2c2cccn2-c2cccc(Br)c2)cc1. The molecule has 1 amide bonds. The summed E-state index contributed by atoms with van der Waals surface area (Å²) in [5.74, 6) is -0.106. The van der Waals surface area contributed by atoms with Crippen molar-refractivity contribution < 1.29 is 4.79 Å². The van der Waals surface area contributed by atoms with Crippen LogP contribution >= 0.6 is 28.1 Å². The molecule has 2 N–H and O–H groups in total. The standard InChI is InChI=1S/C26H22BrN5OS/c1-17(33)29-19-10-12-20(13-11-19)32-25(24(30-26(32)34)22-8-2-3-14-28-22)23-9-5-15-31(23)21-7-4-6-18(27)16-21/h2-16,24-25H,1H3,(H,29,33)(H,30,34)/t24-,25+/m1/s1. The summed E-state index contributed by atoms with van der Waals surface area (Å²) in [5, 5.41) is 6.94. The molecular formula is C26H22BrN5OS. The molecule has 0 bridgehead atoms. The highest BCUT2D eigenvalue weighted by atomic mass is 79.9. The first-order chi connectivity index (χ1) is 16.5. The Labute approximate surface area is 211 Å². The molecule has 8 heteroatoms. The summed E-state index contributed by atoms with van der Waals surface area (Å²) in [5.41, 5.74) is 4.70. The van der Waals surface area contributed by atoms with Crippen LogP contribution in [0.15, 0.2) is 95.7 Å². The van der Waals surface area contributed by atoms with Crippen molar-refractivity contribution in [2.24, 2.45) is 0 Å². The first kappa shape index (κ1) is 22.3. The maximum Gasteiger partial charge on any atom is 0.221 e. The molecule has 5 rings (SSSR count). The molecule has 170 valence electrons. The summed E-state index contributed by atoms with van der Waals surface area (Å²) in [6, 6.07) is 25.7. The second-order valence-corrected chi connectivity index (χ2v) is 9.31. The fourth-order valence-corrected chi connectivity index (χ4v) is 5.07. The van der Waals surface area contributed by atoms with E-state index in [1.54, 1.807) is 6.20 Å². The lowest BCUT2D eigenvalue weighted by Gasteiger charge is -2.29. The number of nitrogens with one attached hydrogen (secondary N) is 2. The molecule has 2 atom stereocenters. The van der Waals surface area contributed by atoms with E-state index in [1.165, 1.54) is 6.92 Å². The molecule has 6 nitrogen and oxygen atoms in total. The van der Waals surface area contributed by atoms with Crippen LogP contribution in [0, 0.1) is 0 Å². The number of hydrogen-bond acceptors (Lipinski definition) is 3. The van der Waals surface area contributed by atoms with Crippen molar-refractivity contribution in [3.05, 3.63) is 107 Å². The van der Waals surface area contributed by atoms with E-state index in [0.717, 1.165) is 32.9 Å². The number of benzene rings is 2. The third kappa shape index (κ3) is 4.34. The topological polar surface area (TPSA) is 62.2 Å². The highest BCUT2D eigenvalue weighted by Crippen LogP contribution is 2.42. The lowest BCUT2D eigenvalue weighted by molar-refractivity contribution is -0.114. The maximum absolute atomic E-state index is 11.4. The Morgan fingerprint density at radius 3 is 2.56 bits per heavy atom. The number of anilines is 2. The van der Waals surface area contributed by atoms with Crippen LogP contribution in [0.4, 0.5) is 11.4 Å². The van der Waals surface area contributed by atoms with Gasteiger partial charge in [0.05, 0.1) is 11.7 Å². The molecule has 2 aromatic heterocycles. The Morgan fingerprint density at radius 1 is 1.03 bits per heavy atom. The van der Waals surface area contributed by atoms with Gasteiger partial charge in [-0.1, -0.05) is 28.1 Å². The van der Waals surface area contributed by atoms with Gasteiger partial charge in [0, 0.05) is 46.5 Å². The first-order valence-corrected chi connectivity index (χ1v) is 12.0. The van der Waals surface area contributed by atoms with Crippen LogP contribution in [0.3, 0.4) is 0 Å². The monoisotopic (exact) mass is 531 g/mol. The molecule has 1 aliphatic rings. The van der Waals surface area contributed by atoms with Crippen LogP contribution in [-0.4, -0.2) is 20.6 Å². The Morgan fingerprint density at radius 2 is 1.85 bits per heavy atom. The number of rotatable bonds is 5. The van der Waals surface area contributed by atoms with Crippen LogP contribution in [0.5, 0.6) is 0 Å². The summed E-state index contributed by atoms with van der Waals surface area (Å²) in [4.78, 5) is 18.2. The minimum atomic E-state index is -0.150. The van der Waals surface area contributed by atoms with Gasteiger partial charge >= 0.3 is 0 Å². The largest absolute Gasteiger partial charge is 0.351 e. The zero-order valence-corrected chi connectivity index (χ0v) is 20.8. The average Bonchev–Trinajstić information content (AvgIpc) is 3.44. The summed E-state index contributed by atoms with van der Waals surface area (Å²) >= 11 is 9.42. The fraction of sp³-hybridized carbons (Fsp3) is 0.115. The minimum Gasteiger partial charge on any atom is -0.351 e. The van der Waals surface area contributed by atoms with E-state index in [9.17, 15) is 4.79 Å². The molecule has 1 aliphatic heterocycles. The van der Waals surface area contributed by atoms with E-state index in [4.69, 9.17) is 12.2 Å². The van der Waals surface area contributed by atoms with Gasteiger partial charge in [-0.25, -0.2) is 0 Å². The van der Waals surface area contributed by atoms with Gasteiger partial charge in [0.2, 0.25) is 5.91 Å². The first-order valence-electron chi connectivity index (χ1n) is 10.8. The molecule has 1 fully saturated rings. The van der Waals surface area contributed by atoms with Crippen molar-refractivity contribution >= 4 is 50.5 Å². The van der Waals surface area contributed by atoms with Crippen molar-refractivity contribution in [1.29, 1.82) is 0 Å². The Balaban J connectivity index is 1.62. The predicted molar refractivity (Wildman–Crippen MR) is 142 cm³/mol. The van der Waals surface area contributed by atoms with E-state index in [-0.39, 0.29) is 18.0 Å². The zero-order chi connectivity index (χ0) is 23.7. The number of halogens is 1. The zero-order valence-electron chi connectivity index (χ0n) is 18.4. The summed E-state index contributed by atoms with van der Waals surface area (Å²) in [6.07, 6.45) is 3.86. The predicted octanol–water partition coefficient (Wildman–Crippen LogP) is 5.77. The van der Waals surface area contributed by atoms with Crippen molar-refractivity contribution in [2.45, 2.75) is 19.0 Å². The van der Waals surface area contributed by atoms with E-state index in [0.29, 0.717) is 5.11 Å². The molecule has 34 heavy (non-hydrogen) atoms. The molecule has 0 unspecified atom stereocenters. The maximum atomic E-state index is 11.4. The van der Waals surface area contributed by atoms with Gasteiger partial charge in [0.15, 0.2) is 5.11 Å². The normalized spacial score (nSPS) is 17.5. The Hall–Kier alpha value is -3.49. The minimum absolute atomic E-state index is 0.106. The quantitative estimate of drug-likeness (QED) is 0.320. The van der Waals surface area contributed by atoms with Gasteiger partial charge in [-0.3, -0.25) is 9.78 Å². The van der Waals surface area contributed by atoms with Crippen LogP contribution in [-0.2, 0) is 4.79 Å². The van der Waals surface area contributed by atoms with Gasteiger partial charge in [-0.15, -0.1) is 0 Å². The van der Waals surface area contributed by atoms with Gasteiger partial charge < -0.3 is 20.1 Å². The number of amides is 1. The lowest BCUT2D eigenvalue weighted by Crippen LogP contribution is -2.30. The average molecular weight is 532 g/mol. The van der Waals surface area contributed by atoms with E-state index >= 15 is 0 Å². The second kappa shape index (κ2) is 9.40. The van der Waals surface area contributed by atoms with Gasteiger partial charge in [-0.2, -0.15) is 0 Å². The Kier molecular flexibility index (Phi) is 6.17. The molecule has 2 aromatic carbocycles. The highest BCUT2D eigenvalue weighted by Gasteiger charge is 2.42. The number of pyridine rings is 1. The van der Waals surface area contributed by atoms with Crippen LogP contribution in [0.2, 0.25) is 0 Å². The number of carbonyl (C=O) groups is 1. The number of aromatic nitrogens is 2. The number of nitrogens with zero attached hydrogens (tertiary/aromatic N) is 3. The molecule has 0 aliphatic carbocycles. The second-order valence-electron chi connectivity index (χ2n) is 8.01. The van der Waals surface area contributed by atoms with Gasteiger partial charge in [0.1, 0.15) is 6.04 Å². The van der Waals surface area contributed by atoms with Crippen molar-refractivity contribution in [1.82, 2.24) is 14.9 Å². The molecule has 3 heterocycles. The van der Waals surface area contributed by atoms with Gasteiger partial charge in [-0.05, 0) is 78.9 Å².